The average Bonchev–Trinajstić information content (AvgIpc) is 2.57. The standard InChI is InChI=1S/C18H20ClNO3/c1-14(23-17-9-7-16(19)8-10-17)18(21)20-11-12-22-13-15-5-3-2-4-6-15/h2-10,14H,11-13H2,1H3,(H,20,21). The molecule has 0 bridgehead atoms. The number of hydrogen-bond acceptors (Lipinski definition) is 3. The summed E-state index contributed by atoms with van der Waals surface area (Å²) in [5, 5.41) is 3.41. The number of carbonyl (C=O) groups excluding carboxylic acids is 1. The van der Waals surface area contributed by atoms with E-state index < -0.39 is 6.10 Å². The Morgan fingerprint density at radius 3 is 2.52 bits per heavy atom. The molecule has 0 radical (unpaired) electrons. The number of hydrogen-bond donors (Lipinski definition) is 1. The van der Waals surface area contributed by atoms with Crippen LogP contribution in [0.25, 0.3) is 0 Å². The van der Waals surface area contributed by atoms with Gasteiger partial charge in [0.15, 0.2) is 6.10 Å². The molecule has 0 fully saturated rings. The number of halogens is 1. The number of benzene rings is 2. The lowest BCUT2D eigenvalue weighted by Crippen LogP contribution is -2.38. The first-order valence-corrected chi connectivity index (χ1v) is 7.84. The largest absolute Gasteiger partial charge is 0.481 e. The van der Waals surface area contributed by atoms with Crippen molar-refractivity contribution >= 4 is 17.5 Å². The molecule has 23 heavy (non-hydrogen) atoms. The second-order valence-electron chi connectivity index (χ2n) is 5.04. The van der Waals surface area contributed by atoms with E-state index in [1.807, 2.05) is 30.3 Å². The van der Waals surface area contributed by atoms with Crippen molar-refractivity contribution in [3.63, 3.8) is 0 Å². The van der Waals surface area contributed by atoms with Crippen LogP contribution in [-0.2, 0) is 16.1 Å². The summed E-state index contributed by atoms with van der Waals surface area (Å²) in [7, 11) is 0. The Bertz CT molecular complexity index is 601. The number of nitrogens with one attached hydrogen (secondary N) is 1. The van der Waals surface area contributed by atoms with Crippen molar-refractivity contribution in [1.82, 2.24) is 5.32 Å². The van der Waals surface area contributed by atoms with E-state index in [0.717, 1.165) is 5.56 Å². The SMILES string of the molecule is CC(Oc1ccc(Cl)cc1)C(=O)NCCOCc1ccccc1. The molecule has 2 aromatic rings. The van der Waals surface area contributed by atoms with Gasteiger partial charge in [-0.15, -0.1) is 0 Å². The van der Waals surface area contributed by atoms with Crippen LogP contribution in [0.15, 0.2) is 54.6 Å². The van der Waals surface area contributed by atoms with Gasteiger partial charge in [-0.1, -0.05) is 41.9 Å². The minimum absolute atomic E-state index is 0.178. The summed E-state index contributed by atoms with van der Waals surface area (Å²) < 4.78 is 11.1. The summed E-state index contributed by atoms with van der Waals surface area (Å²) in [4.78, 5) is 11.9. The zero-order chi connectivity index (χ0) is 16.5. The smallest absolute Gasteiger partial charge is 0.260 e. The van der Waals surface area contributed by atoms with Gasteiger partial charge in [-0.2, -0.15) is 0 Å². The number of amides is 1. The maximum absolute atomic E-state index is 11.9. The lowest BCUT2D eigenvalue weighted by atomic mass is 10.2. The van der Waals surface area contributed by atoms with Crippen LogP contribution < -0.4 is 10.1 Å². The van der Waals surface area contributed by atoms with Gasteiger partial charge >= 0.3 is 0 Å². The van der Waals surface area contributed by atoms with Crippen molar-refractivity contribution in [3.8, 4) is 5.75 Å². The van der Waals surface area contributed by atoms with E-state index in [9.17, 15) is 4.79 Å². The summed E-state index contributed by atoms with van der Waals surface area (Å²) >= 11 is 5.80. The summed E-state index contributed by atoms with van der Waals surface area (Å²) in [5.74, 6) is 0.431. The van der Waals surface area contributed by atoms with Gasteiger partial charge in [0.05, 0.1) is 13.2 Å². The van der Waals surface area contributed by atoms with Gasteiger partial charge in [0.1, 0.15) is 5.75 Å². The highest BCUT2D eigenvalue weighted by atomic mass is 35.5. The molecule has 0 heterocycles. The third-order valence-electron chi connectivity index (χ3n) is 3.15. The van der Waals surface area contributed by atoms with Crippen LogP contribution in [0.4, 0.5) is 0 Å². The first kappa shape index (κ1) is 17.3. The Hall–Kier alpha value is -2.04. The quantitative estimate of drug-likeness (QED) is 0.753. The van der Waals surface area contributed by atoms with Crippen LogP contribution in [-0.4, -0.2) is 25.2 Å². The summed E-state index contributed by atoms with van der Waals surface area (Å²) in [5.41, 5.74) is 1.11. The highest BCUT2D eigenvalue weighted by Crippen LogP contribution is 2.16. The van der Waals surface area contributed by atoms with Crippen molar-refractivity contribution in [2.75, 3.05) is 13.2 Å². The molecule has 4 nitrogen and oxygen atoms in total. The normalized spacial score (nSPS) is 11.7. The van der Waals surface area contributed by atoms with Crippen molar-refractivity contribution in [3.05, 3.63) is 65.2 Å². The van der Waals surface area contributed by atoms with E-state index in [2.05, 4.69) is 5.32 Å². The van der Waals surface area contributed by atoms with Gasteiger partial charge in [0.25, 0.3) is 5.91 Å². The van der Waals surface area contributed by atoms with E-state index in [-0.39, 0.29) is 5.91 Å². The topological polar surface area (TPSA) is 47.6 Å². The molecule has 0 spiro atoms. The summed E-state index contributed by atoms with van der Waals surface area (Å²) in [6.07, 6.45) is -0.578. The second-order valence-corrected chi connectivity index (χ2v) is 5.48. The van der Waals surface area contributed by atoms with Crippen molar-refractivity contribution in [1.29, 1.82) is 0 Å². The van der Waals surface area contributed by atoms with Gasteiger partial charge in [-0.05, 0) is 36.8 Å². The zero-order valence-corrected chi connectivity index (χ0v) is 13.8. The first-order chi connectivity index (χ1) is 11.1. The Kier molecular flexibility index (Phi) is 6.91. The van der Waals surface area contributed by atoms with Crippen LogP contribution in [0, 0.1) is 0 Å². The molecule has 2 rings (SSSR count). The zero-order valence-electron chi connectivity index (χ0n) is 13.0. The fraction of sp³-hybridized carbons (Fsp3) is 0.278. The van der Waals surface area contributed by atoms with Crippen LogP contribution in [0.2, 0.25) is 5.02 Å². The lowest BCUT2D eigenvalue weighted by molar-refractivity contribution is -0.127. The predicted molar refractivity (Wildman–Crippen MR) is 90.6 cm³/mol. The van der Waals surface area contributed by atoms with Gasteiger partial charge < -0.3 is 14.8 Å². The minimum atomic E-state index is -0.578. The Labute approximate surface area is 141 Å². The molecule has 0 aliphatic carbocycles. The molecule has 1 unspecified atom stereocenters. The fourth-order valence-corrected chi connectivity index (χ4v) is 2.05. The summed E-state index contributed by atoms with van der Waals surface area (Å²) in [6.45, 7) is 3.14. The molecule has 5 heteroatoms. The average molecular weight is 334 g/mol. The third-order valence-corrected chi connectivity index (χ3v) is 3.40. The molecular formula is C18H20ClNO3. The Balaban J connectivity index is 1.63. The maximum Gasteiger partial charge on any atom is 0.260 e. The van der Waals surface area contributed by atoms with Crippen molar-refractivity contribution in [2.45, 2.75) is 19.6 Å². The molecule has 0 saturated heterocycles. The molecule has 0 aromatic heterocycles. The molecule has 122 valence electrons. The van der Waals surface area contributed by atoms with E-state index in [1.165, 1.54) is 0 Å². The highest BCUT2D eigenvalue weighted by molar-refractivity contribution is 6.30. The molecule has 2 aromatic carbocycles. The van der Waals surface area contributed by atoms with Crippen LogP contribution in [0.1, 0.15) is 12.5 Å². The van der Waals surface area contributed by atoms with E-state index in [1.54, 1.807) is 31.2 Å². The van der Waals surface area contributed by atoms with E-state index in [4.69, 9.17) is 21.1 Å². The Morgan fingerprint density at radius 1 is 1.13 bits per heavy atom. The van der Waals surface area contributed by atoms with Gasteiger partial charge in [-0.3, -0.25) is 4.79 Å². The van der Waals surface area contributed by atoms with E-state index >= 15 is 0 Å². The fourth-order valence-electron chi connectivity index (χ4n) is 1.93. The third kappa shape index (κ3) is 6.30. The van der Waals surface area contributed by atoms with Crippen molar-refractivity contribution in [2.24, 2.45) is 0 Å². The molecule has 1 amide bonds. The number of rotatable bonds is 8. The Morgan fingerprint density at radius 2 is 1.83 bits per heavy atom. The van der Waals surface area contributed by atoms with Crippen LogP contribution >= 0.6 is 11.6 Å². The highest BCUT2D eigenvalue weighted by Gasteiger charge is 2.13. The van der Waals surface area contributed by atoms with Crippen molar-refractivity contribution < 1.29 is 14.3 Å². The van der Waals surface area contributed by atoms with Gasteiger partial charge in [0, 0.05) is 11.6 Å². The molecule has 1 N–H and O–H groups in total. The maximum atomic E-state index is 11.9. The monoisotopic (exact) mass is 333 g/mol. The summed E-state index contributed by atoms with van der Waals surface area (Å²) in [6, 6.07) is 16.8. The molecular weight excluding hydrogens is 314 g/mol. The van der Waals surface area contributed by atoms with Crippen LogP contribution in [0.5, 0.6) is 5.75 Å². The lowest BCUT2D eigenvalue weighted by Gasteiger charge is -2.14. The second kappa shape index (κ2) is 9.18. The number of ether oxygens (including phenoxy) is 2. The van der Waals surface area contributed by atoms with Gasteiger partial charge in [-0.25, -0.2) is 0 Å². The predicted octanol–water partition coefficient (Wildman–Crippen LogP) is 3.44. The van der Waals surface area contributed by atoms with Gasteiger partial charge in [0.2, 0.25) is 0 Å². The molecule has 0 aliphatic rings. The molecule has 0 saturated carbocycles. The first-order valence-electron chi connectivity index (χ1n) is 7.47. The number of carbonyl (C=O) groups is 1. The van der Waals surface area contributed by atoms with E-state index in [0.29, 0.717) is 30.5 Å². The molecule has 1 atom stereocenters. The van der Waals surface area contributed by atoms with Crippen LogP contribution in [0.3, 0.4) is 0 Å². The molecule has 0 aliphatic heterocycles. The minimum Gasteiger partial charge on any atom is -0.481 e.